The molecule has 154 valence electrons. The van der Waals surface area contributed by atoms with Gasteiger partial charge in [-0.3, -0.25) is 0 Å². The molecule has 3 rings (SSSR count). The Kier molecular flexibility index (Phi) is 7.63. The Morgan fingerprint density at radius 2 is 1.70 bits per heavy atom. The van der Waals surface area contributed by atoms with Crippen LogP contribution in [0.15, 0.2) is 73.6 Å². The normalized spacial score (nSPS) is 12.2. The van der Waals surface area contributed by atoms with E-state index >= 15 is 0 Å². The molecule has 0 aliphatic carbocycles. The number of aliphatic hydroxyl groups is 1. The lowest BCUT2D eigenvalue weighted by Crippen LogP contribution is -1.97. The lowest BCUT2D eigenvalue weighted by molar-refractivity contribution is 0.182. The second-order valence-electron chi connectivity index (χ2n) is 7.40. The van der Waals surface area contributed by atoms with Crippen LogP contribution in [0.5, 0.6) is 0 Å². The fourth-order valence-electron chi connectivity index (χ4n) is 3.17. The zero-order valence-electron chi connectivity index (χ0n) is 17.3. The minimum atomic E-state index is -0.288. The zero-order valence-corrected chi connectivity index (χ0v) is 17.3. The highest BCUT2D eigenvalue weighted by molar-refractivity contribution is 5.69. The summed E-state index contributed by atoms with van der Waals surface area (Å²) in [6.45, 7) is 5.50. The summed E-state index contributed by atoms with van der Waals surface area (Å²) >= 11 is 0. The van der Waals surface area contributed by atoms with Gasteiger partial charge < -0.3 is 5.11 Å². The lowest BCUT2D eigenvalue weighted by Gasteiger charge is -2.06. The van der Waals surface area contributed by atoms with Crippen molar-refractivity contribution in [3.8, 4) is 22.5 Å². The predicted octanol–water partition coefficient (Wildman–Crippen LogP) is 6.24. The van der Waals surface area contributed by atoms with E-state index in [4.69, 9.17) is 0 Å². The van der Waals surface area contributed by atoms with E-state index in [1.54, 1.807) is 25.1 Å². The SMILES string of the molecule is C=CCc1cnc(-c2ccc(-c3ccc(/C=C/CCCC(C)O)c(F)c3)cc2)nc1. The maximum Gasteiger partial charge on any atom is 0.159 e. The van der Waals surface area contributed by atoms with E-state index in [9.17, 15) is 9.50 Å². The van der Waals surface area contributed by atoms with E-state index in [1.807, 2.05) is 54.9 Å². The zero-order chi connectivity index (χ0) is 21.3. The molecule has 0 spiro atoms. The Morgan fingerprint density at radius 3 is 2.33 bits per heavy atom. The van der Waals surface area contributed by atoms with E-state index in [1.165, 1.54) is 0 Å². The van der Waals surface area contributed by atoms with Gasteiger partial charge in [0.25, 0.3) is 0 Å². The third-order valence-electron chi connectivity index (χ3n) is 4.85. The first-order valence-corrected chi connectivity index (χ1v) is 10.2. The lowest BCUT2D eigenvalue weighted by atomic mass is 10.0. The van der Waals surface area contributed by atoms with Crippen LogP contribution in [-0.4, -0.2) is 21.2 Å². The third-order valence-corrected chi connectivity index (χ3v) is 4.85. The highest BCUT2D eigenvalue weighted by Crippen LogP contribution is 2.25. The molecule has 3 nitrogen and oxygen atoms in total. The van der Waals surface area contributed by atoms with Crippen molar-refractivity contribution >= 4 is 6.08 Å². The summed E-state index contributed by atoms with van der Waals surface area (Å²) in [5.74, 6) is 0.418. The molecule has 3 aromatic rings. The number of aromatic nitrogens is 2. The summed E-state index contributed by atoms with van der Waals surface area (Å²) in [7, 11) is 0. The molecule has 1 unspecified atom stereocenters. The van der Waals surface area contributed by atoms with E-state index < -0.39 is 0 Å². The number of unbranched alkanes of at least 4 members (excludes halogenated alkanes) is 1. The van der Waals surface area contributed by atoms with Crippen LogP contribution in [0, 0.1) is 5.82 Å². The molecule has 0 saturated heterocycles. The molecule has 0 saturated carbocycles. The number of aliphatic hydroxyl groups excluding tert-OH is 1. The fraction of sp³-hybridized carbons (Fsp3) is 0.231. The molecule has 1 atom stereocenters. The number of rotatable bonds is 9. The molecule has 1 aromatic heterocycles. The standard InChI is InChI=1S/C26H27FN2O/c1-3-7-20-17-28-26(29-18-20)23-13-10-21(11-14-23)24-15-12-22(25(27)16-24)9-6-4-5-8-19(2)30/h3,6,9-19,30H,1,4-5,7-8H2,2H3/b9-6+. The van der Waals surface area contributed by atoms with Crippen LogP contribution in [0.25, 0.3) is 28.6 Å². The monoisotopic (exact) mass is 402 g/mol. The number of nitrogens with zero attached hydrogens (tertiary/aromatic N) is 2. The van der Waals surface area contributed by atoms with Crippen molar-refractivity contribution < 1.29 is 9.50 Å². The van der Waals surface area contributed by atoms with Gasteiger partial charge in [-0.1, -0.05) is 54.6 Å². The van der Waals surface area contributed by atoms with E-state index in [0.717, 1.165) is 47.9 Å². The van der Waals surface area contributed by atoms with Gasteiger partial charge in [0.05, 0.1) is 6.10 Å². The number of benzene rings is 2. The van der Waals surface area contributed by atoms with Crippen molar-refractivity contribution in [3.63, 3.8) is 0 Å². The van der Waals surface area contributed by atoms with Gasteiger partial charge >= 0.3 is 0 Å². The van der Waals surface area contributed by atoms with E-state index in [-0.39, 0.29) is 11.9 Å². The molecule has 2 aromatic carbocycles. The minimum Gasteiger partial charge on any atom is -0.393 e. The quantitative estimate of drug-likeness (QED) is 0.340. The van der Waals surface area contributed by atoms with Gasteiger partial charge in [0, 0.05) is 23.5 Å². The molecule has 0 fully saturated rings. The molecule has 1 N–H and O–H groups in total. The maximum absolute atomic E-state index is 14.5. The smallest absolute Gasteiger partial charge is 0.159 e. The summed E-state index contributed by atoms with van der Waals surface area (Å²) in [5, 5.41) is 9.27. The summed E-state index contributed by atoms with van der Waals surface area (Å²) in [5.41, 5.74) is 4.28. The van der Waals surface area contributed by atoms with E-state index in [2.05, 4.69) is 16.5 Å². The molecule has 4 heteroatoms. The van der Waals surface area contributed by atoms with Crippen LogP contribution in [0.3, 0.4) is 0 Å². The van der Waals surface area contributed by atoms with Gasteiger partial charge in [0.2, 0.25) is 0 Å². The van der Waals surface area contributed by atoms with Gasteiger partial charge in [-0.15, -0.1) is 6.58 Å². The Hall–Kier alpha value is -3.11. The predicted molar refractivity (Wildman–Crippen MR) is 121 cm³/mol. The molecule has 0 aliphatic rings. The Balaban J connectivity index is 1.68. The van der Waals surface area contributed by atoms with E-state index in [0.29, 0.717) is 11.4 Å². The largest absolute Gasteiger partial charge is 0.393 e. The van der Waals surface area contributed by atoms with Crippen molar-refractivity contribution in [2.75, 3.05) is 0 Å². The molecule has 1 heterocycles. The van der Waals surface area contributed by atoms with Crippen molar-refractivity contribution in [1.29, 1.82) is 0 Å². The van der Waals surface area contributed by atoms with Gasteiger partial charge in [0.1, 0.15) is 5.82 Å². The average molecular weight is 403 g/mol. The van der Waals surface area contributed by atoms with Gasteiger partial charge in [0.15, 0.2) is 5.82 Å². The summed E-state index contributed by atoms with van der Waals surface area (Å²) < 4.78 is 14.5. The van der Waals surface area contributed by atoms with Crippen LogP contribution in [-0.2, 0) is 6.42 Å². The molecule has 0 bridgehead atoms. The second-order valence-corrected chi connectivity index (χ2v) is 7.40. The molecular formula is C26H27FN2O. The highest BCUT2D eigenvalue weighted by Gasteiger charge is 2.06. The molecule has 30 heavy (non-hydrogen) atoms. The number of hydrogen-bond donors (Lipinski definition) is 1. The highest BCUT2D eigenvalue weighted by atomic mass is 19.1. The van der Waals surface area contributed by atoms with Gasteiger partial charge in [-0.25, -0.2) is 14.4 Å². The Bertz CT molecular complexity index is 993. The van der Waals surface area contributed by atoms with Crippen molar-refractivity contribution in [3.05, 3.63) is 90.5 Å². The molecule has 0 aliphatic heterocycles. The Labute approximate surface area is 177 Å². The third kappa shape index (κ3) is 5.94. The summed E-state index contributed by atoms with van der Waals surface area (Å²) in [6, 6.07) is 13.1. The van der Waals surface area contributed by atoms with Crippen molar-refractivity contribution in [2.45, 2.75) is 38.7 Å². The summed E-state index contributed by atoms with van der Waals surface area (Å²) in [4.78, 5) is 8.81. The second kappa shape index (κ2) is 10.6. The maximum atomic E-state index is 14.5. The van der Waals surface area contributed by atoms with Crippen LogP contribution in [0.4, 0.5) is 4.39 Å². The molecular weight excluding hydrogens is 375 g/mol. The van der Waals surface area contributed by atoms with Gasteiger partial charge in [-0.05, 0) is 55.4 Å². The van der Waals surface area contributed by atoms with Gasteiger partial charge in [-0.2, -0.15) is 0 Å². The van der Waals surface area contributed by atoms with Crippen molar-refractivity contribution in [1.82, 2.24) is 9.97 Å². The minimum absolute atomic E-state index is 0.246. The van der Waals surface area contributed by atoms with Crippen LogP contribution in [0.2, 0.25) is 0 Å². The molecule has 0 radical (unpaired) electrons. The topological polar surface area (TPSA) is 46.0 Å². The number of allylic oxidation sites excluding steroid dienone is 2. The first-order chi connectivity index (χ1) is 14.6. The number of halogens is 1. The first kappa shape index (κ1) is 21.6. The first-order valence-electron chi connectivity index (χ1n) is 10.2. The van der Waals surface area contributed by atoms with Crippen LogP contribution >= 0.6 is 0 Å². The fourth-order valence-corrected chi connectivity index (χ4v) is 3.17. The van der Waals surface area contributed by atoms with Crippen molar-refractivity contribution in [2.24, 2.45) is 0 Å². The van der Waals surface area contributed by atoms with Crippen LogP contribution in [0.1, 0.15) is 37.3 Å². The average Bonchev–Trinajstić information content (AvgIpc) is 2.75. The molecule has 0 amide bonds. The van der Waals surface area contributed by atoms with Crippen LogP contribution < -0.4 is 0 Å². The number of hydrogen-bond acceptors (Lipinski definition) is 3. The summed E-state index contributed by atoms with van der Waals surface area (Å²) in [6.07, 6.45) is 12.1. The Morgan fingerprint density at radius 1 is 1.03 bits per heavy atom.